The highest BCUT2D eigenvalue weighted by atomic mass is 16.2. The van der Waals surface area contributed by atoms with E-state index in [2.05, 4.69) is 5.32 Å². The van der Waals surface area contributed by atoms with Crippen LogP contribution in [0.4, 0.5) is 4.79 Å². The van der Waals surface area contributed by atoms with Crippen LogP contribution in [0, 0.1) is 0 Å². The Bertz CT molecular complexity index is 1110. The van der Waals surface area contributed by atoms with Gasteiger partial charge in [-0.15, -0.1) is 0 Å². The van der Waals surface area contributed by atoms with Crippen LogP contribution in [0.25, 0.3) is 17.0 Å². The van der Waals surface area contributed by atoms with Crippen LogP contribution in [0.2, 0.25) is 0 Å². The van der Waals surface area contributed by atoms with Crippen molar-refractivity contribution in [2.45, 2.75) is 6.42 Å². The summed E-state index contributed by atoms with van der Waals surface area (Å²) in [5.41, 5.74) is 2.73. The first-order chi connectivity index (χ1) is 13.5. The second kappa shape index (κ2) is 7.15. The minimum atomic E-state index is -0.680. The standard InChI is InChI=1S/C22H19N3O3/c1-24-14-16(17-9-5-6-10-19(17)24)13-18-20(26)23-22(28)25(21(18)27)12-11-15-7-3-2-4-8-15/h2-10,13-14H,11-12H2,1H3,(H,23,26,28)/b18-13-. The molecule has 0 radical (unpaired) electrons. The van der Waals surface area contributed by atoms with Gasteiger partial charge in [0, 0.05) is 36.3 Å². The number of imide groups is 2. The smallest absolute Gasteiger partial charge is 0.331 e. The molecule has 140 valence electrons. The maximum atomic E-state index is 12.9. The van der Waals surface area contributed by atoms with E-state index in [1.54, 1.807) is 6.08 Å². The molecule has 2 heterocycles. The van der Waals surface area contributed by atoms with Gasteiger partial charge in [0.2, 0.25) is 0 Å². The van der Waals surface area contributed by atoms with E-state index >= 15 is 0 Å². The Hall–Kier alpha value is -3.67. The number of aryl methyl sites for hydroxylation is 1. The van der Waals surface area contributed by atoms with Gasteiger partial charge < -0.3 is 4.57 Å². The minimum absolute atomic E-state index is 0.0379. The van der Waals surface area contributed by atoms with E-state index in [1.165, 1.54) is 0 Å². The number of carbonyl (C=O) groups is 3. The number of nitrogens with zero attached hydrogens (tertiary/aromatic N) is 2. The first-order valence-corrected chi connectivity index (χ1v) is 9.01. The molecule has 1 fully saturated rings. The Morgan fingerprint density at radius 3 is 2.46 bits per heavy atom. The number of hydrogen-bond acceptors (Lipinski definition) is 3. The van der Waals surface area contributed by atoms with Gasteiger partial charge in [0.05, 0.1) is 0 Å². The van der Waals surface area contributed by atoms with Crippen molar-refractivity contribution in [1.82, 2.24) is 14.8 Å². The zero-order valence-corrected chi connectivity index (χ0v) is 15.4. The van der Waals surface area contributed by atoms with Gasteiger partial charge in [0.25, 0.3) is 11.8 Å². The molecule has 0 unspecified atom stereocenters. The van der Waals surface area contributed by atoms with E-state index < -0.39 is 17.8 Å². The zero-order chi connectivity index (χ0) is 19.7. The molecule has 3 aromatic rings. The summed E-state index contributed by atoms with van der Waals surface area (Å²) >= 11 is 0. The molecule has 28 heavy (non-hydrogen) atoms. The summed E-state index contributed by atoms with van der Waals surface area (Å²) in [5.74, 6) is -1.24. The summed E-state index contributed by atoms with van der Waals surface area (Å²) < 4.78 is 1.94. The molecular formula is C22H19N3O3. The first-order valence-electron chi connectivity index (χ1n) is 9.01. The van der Waals surface area contributed by atoms with Crippen LogP contribution >= 0.6 is 0 Å². The van der Waals surface area contributed by atoms with E-state index in [1.807, 2.05) is 72.4 Å². The minimum Gasteiger partial charge on any atom is -0.350 e. The Labute approximate surface area is 162 Å². The number of benzene rings is 2. The average molecular weight is 373 g/mol. The maximum Gasteiger partial charge on any atom is 0.331 e. The van der Waals surface area contributed by atoms with Gasteiger partial charge >= 0.3 is 6.03 Å². The van der Waals surface area contributed by atoms with Crippen molar-refractivity contribution in [2.75, 3.05) is 6.54 Å². The lowest BCUT2D eigenvalue weighted by Crippen LogP contribution is -2.54. The lowest BCUT2D eigenvalue weighted by Gasteiger charge is -2.26. The van der Waals surface area contributed by atoms with Gasteiger partial charge in [-0.3, -0.25) is 19.8 Å². The van der Waals surface area contributed by atoms with Crippen LogP contribution in [-0.2, 0) is 23.1 Å². The van der Waals surface area contributed by atoms with Crippen molar-refractivity contribution < 1.29 is 14.4 Å². The zero-order valence-electron chi connectivity index (χ0n) is 15.4. The molecule has 6 nitrogen and oxygen atoms in total. The second-order valence-electron chi connectivity index (χ2n) is 6.72. The SMILES string of the molecule is Cn1cc(/C=C2/C(=O)NC(=O)N(CCc3ccccc3)C2=O)c2ccccc21. The maximum absolute atomic E-state index is 12.9. The third-order valence-electron chi connectivity index (χ3n) is 4.88. The monoisotopic (exact) mass is 373 g/mol. The van der Waals surface area contributed by atoms with E-state index in [4.69, 9.17) is 0 Å². The molecule has 4 amide bonds. The molecule has 4 rings (SSSR count). The Morgan fingerprint density at radius 1 is 0.964 bits per heavy atom. The molecule has 2 aromatic carbocycles. The van der Waals surface area contributed by atoms with E-state index in [0.717, 1.165) is 26.9 Å². The molecule has 1 aliphatic rings. The number of fused-ring (bicyclic) bond motifs is 1. The molecule has 1 saturated heterocycles. The van der Waals surface area contributed by atoms with Crippen molar-refractivity contribution in [1.29, 1.82) is 0 Å². The highest BCUT2D eigenvalue weighted by molar-refractivity contribution is 6.31. The largest absolute Gasteiger partial charge is 0.350 e. The molecular weight excluding hydrogens is 354 g/mol. The third kappa shape index (κ3) is 3.20. The number of amides is 4. The molecule has 0 saturated carbocycles. The van der Waals surface area contributed by atoms with Crippen molar-refractivity contribution in [3.8, 4) is 0 Å². The van der Waals surface area contributed by atoms with Gasteiger partial charge in [-0.2, -0.15) is 0 Å². The summed E-state index contributed by atoms with van der Waals surface area (Å²) in [6.45, 7) is 0.203. The van der Waals surface area contributed by atoms with Crippen LogP contribution in [-0.4, -0.2) is 33.9 Å². The summed E-state index contributed by atoms with van der Waals surface area (Å²) in [7, 11) is 1.91. The first kappa shape index (κ1) is 17.7. The summed E-state index contributed by atoms with van der Waals surface area (Å²) in [6.07, 6.45) is 3.95. The van der Waals surface area contributed by atoms with Crippen LogP contribution in [0.15, 0.2) is 66.4 Å². The van der Waals surface area contributed by atoms with Crippen molar-refractivity contribution in [3.05, 3.63) is 77.5 Å². The molecule has 1 aliphatic heterocycles. The predicted octanol–water partition coefficient (Wildman–Crippen LogP) is 2.88. The topological polar surface area (TPSA) is 71.4 Å². The third-order valence-corrected chi connectivity index (χ3v) is 4.88. The Morgan fingerprint density at radius 2 is 1.68 bits per heavy atom. The van der Waals surface area contributed by atoms with Gasteiger partial charge in [0.15, 0.2) is 0 Å². The number of nitrogens with one attached hydrogen (secondary N) is 1. The predicted molar refractivity (Wildman–Crippen MR) is 106 cm³/mol. The van der Waals surface area contributed by atoms with Gasteiger partial charge in [-0.1, -0.05) is 48.5 Å². The number of aromatic nitrogens is 1. The molecule has 0 bridgehead atoms. The highest BCUT2D eigenvalue weighted by Gasteiger charge is 2.35. The quantitative estimate of drug-likeness (QED) is 0.565. The molecule has 0 spiro atoms. The fourth-order valence-electron chi connectivity index (χ4n) is 3.43. The summed E-state index contributed by atoms with van der Waals surface area (Å²) in [4.78, 5) is 38.5. The van der Waals surface area contributed by atoms with Crippen molar-refractivity contribution >= 4 is 34.8 Å². The fourth-order valence-corrected chi connectivity index (χ4v) is 3.43. The number of rotatable bonds is 4. The molecule has 0 atom stereocenters. The van der Waals surface area contributed by atoms with Crippen LogP contribution in [0.5, 0.6) is 0 Å². The van der Waals surface area contributed by atoms with Gasteiger partial charge in [0.1, 0.15) is 5.57 Å². The van der Waals surface area contributed by atoms with E-state index in [9.17, 15) is 14.4 Å². The summed E-state index contributed by atoms with van der Waals surface area (Å²) in [5, 5.41) is 3.21. The van der Waals surface area contributed by atoms with E-state index in [0.29, 0.717) is 6.42 Å². The lowest BCUT2D eigenvalue weighted by atomic mass is 10.1. The Kier molecular flexibility index (Phi) is 4.53. The summed E-state index contributed by atoms with van der Waals surface area (Å²) in [6, 6.07) is 16.7. The van der Waals surface area contributed by atoms with E-state index in [-0.39, 0.29) is 12.1 Å². The number of carbonyl (C=O) groups excluding carboxylic acids is 3. The normalized spacial score (nSPS) is 16.1. The number of urea groups is 1. The van der Waals surface area contributed by atoms with Gasteiger partial charge in [-0.25, -0.2) is 4.79 Å². The number of para-hydroxylation sites is 1. The highest BCUT2D eigenvalue weighted by Crippen LogP contribution is 2.24. The van der Waals surface area contributed by atoms with Crippen LogP contribution in [0.3, 0.4) is 0 Å². The van der Waals surface area contributed by atoms with Gasteiger partial charge in [-0.05, 0) is 24.1 Å². The van der Waals surface area contributed by atoms with Crippen molar-refractivity contribution in [3.63, 3.8) is 0 Å². The molecule has 1 aromatic heterocycles. The molecule has 6 heteroatoms. The number of barbiturate groups is 1. The number of hydrogen-bond donors (Lipinski definition) is 1. The fraction of sp³-hybridized carbons (Fsp3) is 0.136. The average Bonchev–Trinajstić information content (AvgIpc) is 3.02. The van der Waals surface area contributed by atoms with Crippen molar-refractivity contribution in [2.24, 2.45) is 7.05 Å². The van der Waals surface area contributed by atoms with Crippen LogP contribution in [0.1, 0.15) is 11.1 Å². The molecule has 1 N–H and O–H groups in total. The second-order valence-corrected chi connectivity index (χ2v) is 6.72. The lowest BCUT2D eigenvalue weighted by molar-refractivity contribution is -0.130. The molecule has 0 aliphatic carbocycles. The Balaban J connectivity index is 1.64. The van der Waals surface area contributed by atoms with Crippen LogP contribution < -0.4 is 5.32 Å².